The maximum atomic E-state index is 9.26. The molecule has 0 unspecified atom stereocenters. The molecule has 0 fully saturated rings. The van der Waals surface area contributed by atoms with Gasteiger partial charge < -0.3 is 10.4 Å². The van der Waals surface area contributed by atoms with E-state index in [1.807, 2.05) is 14.0 Å². The fraction of sp³-hybridized carbons (Fsp3) is 0.333. The van der Waals surface area contributed by atoms with Crippen LogP contribution in [0.2, 0.25) is 5.02 Å². The molecule has 0 aliphatic heterocycles. The number of hydrogen-bond donors (Lipinski definition) is 2. The molecule has 0 aliphatic carbocycles. The van der Waals surface area contributed by atoms with E-state index >= 15 is 0 Å². The molecule has 0 aliphatic rings. The topological polar surface area (TPSA) is 32.3 Å². The minimum Gasteiger partial charge on any atom is -0.508 e. The van der Waals surface area contributed by atoms with Gasteiger partial charge in [0.05, 0.1) is 0 Å². The summed E-state index contributed by atoms with van der Waals surface area (Å²) in [7, 11) is 1.84. The number of nitrogens with one attached hydrogen (secondary N) is 1. The molecule has 1 aromatic carbocycles. The molecule has 1 aromatic rings. The number of halogens is 1. The Morgan fingerprint density at radius 2 is 2.17 bits per heavy atom. The minimum atomic E-state index is 0.266. The summed E-state index contributed by atoms with van der Waals surface area (Å²) in [5.74, 6) is 0.266. The summed E-state index contributed by atoms with van der Waals surface area (Å²) >= 11 is 5.99. The van der Waals surface area contributed by atoms with Gasteiger partial charge in [0, 0.05) is 11.6 Å². The van der Waals surface area contributed by atoms with Gasteiger partial charge >= 0.3 is 0 Å². The quantitative estimate of drug-likeness (QED) is 0.740. The highest BCUT2D eigenvalue weighted by Crippen LogP contribution is 2.25. The van der Waals surface area contributed by atoms with Crippen LogP contribution in [0.5, 0.6) is 5.75 Å². The molecule has 3 heteroatoms. The van der Waals surface area contributed by atoms with Crippen LogP contribution in [0.25, 0.3) is 0 Å². The Morgan fingerprint density at radius 3 is 2.75 bits per heavy atom. The van der Waals surface area contributed by atoms with E-state index in [2.05, 4.69) is 5.32 Å². The third-order valence-corrected chi connectivity index (χ3v) is 2.22. The minimum absolute atomic E-state index is 0.266. The van der Waals surface area contributed by atoms with Crippen LogP contribution in [0.4, 0.5) is 0 Å². The second-order valence-corrected chi connectivity index (χ2v) is 3.14. The molecule has 0 heterocycles. The highest BCUT2D eigenvalue weighted by Gasteiger charge is 2.04. The van der Waals surface area contributed by atoms with Gasteiger partial charge in [0.1, 0.15) is 5.75 Å². The SMILES string of the molecule is CNCc1cc(O)cc(C)c1Cl. The van der Waals surface area contributed by atoms with Gasteiger partial charge in [-0.2, -0.15) is 0 Å². The van der Waals surface area contributed by atoms with Gasteiger partial charge in [-0.3, -0.25) is 0 Å². The second kappa shape index (κ2) is 3.78. The predicted octanol–water partition coefficient (Wildman–Crippen LogP) is 2.07. The third-order valence-electron chi connectivity index (χ3n) is 1.68. The normalized spacial score (nSPS) is 10.2. The van der Waals surface area contributed by atoms with Crippen LogP contribution in [0, 0.1) is 6.92 Å². The van der Waals surface area contributed by atoms with E-state index in [0.717, 1.165) is 16.1 Å². The maximum absolute atomic E-state index is 9.26. The summed E-state index contributed by atoms with van der Waals surface area (Å²) in [6.45, 7) is 2.55. The predicted molar refractivity (Wildman–Crippen MR) is 50.6 cm³/mol. The third kappa shape index (κ3) is 1.90. The molecule has 0 atom stereocenters. The molecule has 1 rings (SSSR count). The molecular formula is C9H12ClNO. The van der Waals surface area contributed by atoms with E-state index in [9.17, 15) is 5.11 Å². The van der Waals surface area contributed by atoms with Gasteiger partial charge in [-0.25, -0.2) is 0 Å². The van der Waals surface area contributed by atoms with Crippen molar-refractivity contribution in [2.24, 2.45) is 0 Å². The van der Waals surface area contributed by atoms with Gasteiger partial charge in [-0.05, 0) is 37.2 Å². The lowest BCUT2D eigenvalue weighted by Gasteiger charge is -2.06. The summed E-state index contributed by atoms with van der Waals surface area (Å²) in [4.78, 5) is 0. The van der Waals surface area contributed by atoms with Gasteiger partial charge in [-0.1, -0.05) is 11.6 Å². The van der Waals surface area contributed by atoms with E-state index in [4.69, 9.17) is 11.6 Å². The monoisotopic (exact) mass is 185 g/mol. The lowest BCUT2D eigenvalue weighted by molar-refractivity contribution is 0.474. The fourth-order valence-corrected chi connectivity index (χ4v) is 1.32. The van der Waals surface area contributed by atoms with Crippen LogP contribution in [-0.4, -0.2) is 12.2 Å². The van der Waals surface area contributed by atoms with E-state index < -0.39 is 0 Å². The lowest BCUT2D eigenvalue weighted by atomic mass is 10.1. The number of aryl methyl sites for hydroxylation is 1. The van der Waals surface area contributed by atoms with Crippen molar-refractivity contribution in [3.8, 4) is 5.75 Å². The molecule has 2 nitrogen and oxygen atoms in total. The Hall–Kier alpha value is -0.730. The Morgan fingerprint density at radius 1 is 1.50 bits per heavy atom. The van der Waals surface area contributed by atoms with Crippen LogP contribution >= 0.6 is 11.6 Å². The molecule has 0 bridgehead atoms. The van der Waals surface area contributed by atoms with E-state index in [0.29, 0.717) is 6.54 Å². The zero-order valence-corrected chi connectivity index (χ0v) is 7.94. The average Bonchev–Trinajstić information content (AvgIpc) is 2.00. The van der Waals surface area contributed by atoms with Gasteiger partial charge in [0.15, 0.2) is 0 Å². The molecule has 0 spiro atoms. The Balaban J connectivity index is 3.09. The summed E-state index contributed by atoms with van der Waals surface area (Å²) in [6, 6.07) is 3.33. The van der Waals surface area contributed by atoms with Crippen molar-refractivity contribution in [3.63, 3.8) is 0 Å². The zero-order chi connectivity index (χ0) is 9.14. The molecule has 2 N–H and O–H groups in total. The average molecular weight is 186 g/mol. The molecule has 0 amide bonds. The molecule has 0 saturated carbocycles. The number of benzene rings is 1. The molecule has 0 radical (unpaired) electrons. The number of phenols is 1. The highest BCUT2D eigenvalue weighted by molar-refractivity contribution is 6.32. The van der Waals surface area contributed by atoms with Gasteiger partial charge in [0.2, 0.25) is 0 Å². The van der Waals surface area contributed by atoms with Crippen LogP contribution in [0.3, 0.4) is 0 Å². The summed E-state index contributed by atoms with van der Waals surface area (Å²) in [5.41, 5.74) is 1.83. The Bertz CT molecular complexity index is 286. The lowest BCUT2D eigenvalue weighted by Crippen LogP contribution is -2.05. The van der Waals surface area contributed by atoms with Crippen molar-refractivity contribution < 1.29 is 5.11 Å². The van der Waals surface area contributed by atoms with E-state index in [1.165, 1.54) is 0 Å². The highest BCUT2D eigenvalue weighted by atomic mass is 35.5. The number of phenolic OH excluding ortho intramolecular Hbond substituents is 1. The first-order valence-corrected chi connectivity index (χ1v) is 4.15. The van der Waals surface area contributed by atoms with Crippen LogP contribution in [0.15, 0.2) is 12.1 Å². The summed E-state index contributed by atoms with van der Waals surface area (Å²) in [5, 5.41) is 13.0. The molecular weight excluding hydrogens is 174 g/mol. The van der Waals surface area contributed by atoms with Crippen molar-refractivity contribution >= 4 is 11.6 Å². The van der Waals surface area contributed by atoms with Gasteiger partial charge in [-0.15, -0.1) is 0 Å². The van der Waals surface area contributed by atoms with Crippen LogP contribution in [0.1, 0.15) is 11.1 Å². The van der Waals surface area contributed by atoms with Crippen molar-refractivity contribution in [3.05, 3.63) is 28.3 Å². The zero-order valence-electron chi connectivity index (χ0n) is 7.19. The maximum Gasteiger partial charge on any atom is 0.116 e. The van der Waals surface area contributed by atoms with Crippen molar-refractivity contribution in [2.45, 2.75) is 13.5 Å². The molecule has 0 aromatic heterocycles. The summed E-state index contributed by atoms with van der Waals surface area (Å²) < 4.78 is 0. The Kier molecular flexibility index (Phi) is 2.95. The van der Waals surface area contributed by atoms with E-state index in [-0.39, 0.29) is 5.75 Å². The number of hydrogen-bond acceptors (Lipinski definition) is 2. The first-order valence-electron chi connectivity index (χ1n) is 3.77. The van der Waals surface area contributed by atoms with Crippen molar-refractivity contribution in [1.29, 1.82) is 0 Å². The fourth-order valence-electron chi connectivity index (χ4n) is 1.14. The first-order chi connectivity index (χ1) is 5.65. The summed E-state index contributed by atoms with van der Waals surface area (Å²) in [6.07, 6.45) is 0. The number of rotatable bonds is 2. The van der Waals surface area contributed by atoms with Crippen LogP contribution in [-0.2, 0) is 6.54 Å². The van der Waals surface area contributed by atoms with E-state index in [1.54, 1.807) is 12.1 Å². The molecule has 66 valence electrons. The number of aromatic hydroxyl groups is 1. The molecule has 12 heavy (non-hydrogen) atoms. The van der Waals surface area contributed by atoms with Crippen LogP contribution < -0.4 is 5.32 Å². The van der Waals surface area contributed by atoms with Crippen molar-refractivity contribution in [1.82, 2.24) is 5.32 Å². The smallest absolute Gasteiger partial charge is 0.116 e. The van der Waals surface area contributed by atoms with Crippen molar-refractivity contribution in [2.75, 3.05) is 7.05 Å². The Labute approximate surface area is 77.2 Å². The van der Waals surface area contributed by atoms with Gasteiger partial charge in [0.25, 0.3) is 0 Å². The molecule has 0 saturated heterocycles. The largest absolute Gasteiger partial charge is 0.508 e. The second-order valence-electron chi connectivity index (χ2n) is 2.77. The standard InChI is InChI=1S/C9H12ClNO/c1-6-3-8(12)4-7(5-11-2)9(6)10/h3-4,11-12H,5H2,1-2H3. The first kappa shape index (κ1) is 9.36.